The lowest BCUT2D eigenvalue weighted by Gasteiger charge is -2.14. The highest BCUT2D eigenvalue weighted by Gasteiger charge is 2.07. The molecule has 26 heavy (non-hydrogen) atoms. The smallest absolute Gasteiger partial charge is 0.101 e. The van der Waals surface area contributed by atoms with Gasteiger partial charge in [0.2, 0.25) is 0 Å². The molecular weight excluding hydrogens is 365 g/mol. The van der Waals surface area contributed by atoms with Gasteiger partial charge < -0.3 is 10.6 Å². The lowest BCUT2D eigenvalue weighted by atomic mass is 10.1. The fourth-order valence-electron chi connectivity index (χ4n) is 3.01. The summed E-state index contributed by atoms with van der Waals surface area (Å²) < 4.78 is 0. The summed E-state index contributed by atoms with van der Waals surface area (Å²) in [5, 5.41) is 8.89. The predicted molar refractivity (Wildman–Crippen MR) is 116 cm³/mol. The Morgan fingerprint density at radius 1 is 0.769 bits per heavy atom. The molecule has 0 fully saturated rings. The topological polar surface area (TPSA) is 37.0 Å². The van der Waals surface area contributed by atoms with Crippen molar-refractivity contribution in [1.29, 1.82) is 0 Å². The third kappa shape index (κ3) is 4.72. The molecule has 3 aromatic rings. The number of halogens is 2. The Bertz CT molecular complexity index is 813. The third-order valence-corrected chi connectivity index (χ3v) is 5.00. The first-order valence-electron chi connectivity index (χ1n) is 9.25. The summed E-state index contributed by atoms with van der Waals surface area (Å²) in [6, 6.07) is 14.6. The van der Waals surface area contributed by atoms with Gasteiger partial charge in [0.1, 0.15) is 11.0 Å². The first kappa shape index (κ1) is 19.1. The van der Waals surface area contributed by atoms with Crippen LogP contribution in [0.2, 0.25) is 0 Å². The molecule has 0 aliphatic carbocycles. The molecular formula is C21H25Cl2N3. The lowest BCUT2D eigenvalue weighted by Crippen LogP contribution is -2.11. The molecule has 3 rings (SSSR count). The van der Waals surface area contributed by atoms with Crippen molar-refractivity contribution < 1.29 is 0 Å². The van der Waals surface area contributed by atoms with E-state index in [0.29, 0.717) is 0 Å². The van der Waals surface area contributed by atoms with Crippen LogP contribution in [0.1, 0.15) is 39.5 Å². The molecule has 5 heteroatoms. The molecule has 0 aliphatic rings. The van der Waals surface area contributed by atoms with Crippen LogP contribution in [-0.4, -0.2) is 16.0 Å². The SMILES string of the molecule is CCCC(Cl)Nc1ccc2cc3ccc(NC(Cl)CCC)cc3nc2c1. The maximum Gasteiger partial charge on any atom is 0.101 e. The summed E-state index contributed by atoms with van der Waals surface area (Å²) in [4.78, 5) is 4.84. The van der Waals surface area contributed by atoms with Gasteiger partial charge in [-0.2, -0.15) is 0 Å². The lowest BCUT2D eigenvalue weighted by molar-refractivity contribution is 0.789. The van der Waals surface area contributed by atoms with Gasteiger partial charge in [0, 0.05) is 22.1 Å². The molecule has 0 saturated heterocycles. The van der Waals surface area contributed by atoms with E-state index in [1.165, 1.54) is 0 Å². The molecule has 0 spiro atoms. The summed E-state index contributed by atoms with van der Waals surface area (Å²) >= 11 is 12.6. The van der Waals surface area contributed by atoms with E-state index in [1.54, 1.807) is 0 Å². The monoisotopic (exact) mass is 389 g/mol. The first-order valence-corrected chi connectivity index (χ1v) is 10.1. The van der Waals surface area contributed by atoms with Gasteiger partial charge in [0.25, 0.3) is 0 Å². The van der Waals surface area contributed by atoms with Gasteiger partial charge in [-0.25, -0.2) is 4.98 Å². The van der Waals surface area contributed by atoms with Crippen LogP contribution in [0.5, 0.6) is 0 Å². The Balaban J connectivity index is 1.89. The molecule has 1 aromatic heterocycles. The number of benzene rings is 2. The average Bonchev–Trinajstić information content (AvgIpc) is 2.60. The van der Waals surface area contributed by atoms with Crippen molar-refractivity contribution in [3.8, 4) is 0 Å². The van der Waals surface area contributed by atoms with Gasteiger partial charge in [-0.05, 0) is 43.2 Å². The van der Waals surface area contributed by atoms with Crippen LogP contribution in [0.4, 0.5) is 11.4 Å². The number of aromatic nitrogens is 1. The van der Waals surface area contributed by atoms with Crippen LogP contribution in [0, 0.1) is 0 Å². The maximum atomic E-state index is 6.30. The zero-order valence-electron chi connectivity index (χ0n) is 15.2. The molecule has 2 N–H and O–H groups in total. The fourth-order valence-corrected chi connectivity index (χ4v) is 3.70. The molecule has 3 nitrogen and oxygen atoms in total. The maximum absolute atomic E-state index is 6.30. The van der Waals surface area contributed by atoms with Crippen LogP contribution < -0.4 is 10.6 Å². The molecule has 0 amide bonds. The van der Waals surface area contributed by atoms with E-state index in [-0.39, 0.29) is 11.0 Å². The zero-order valence-corrected chi connectivity index (χ0v) is 16.7. The quantitative estimate of drug-likeness (QED) is 0.248. The van der Waals surface area contributed by atoms with Gasteiger partial charge >= 0.3 is 0 Å². The van der Waals surface area contributed by atoms with Crippen LogP contribution in [-0.2, 0) is 0 Å². The van der Waals surface area contributed by atoms with Crippen LogP contribution in [0.15, 0.2) is 42.5 Å². The fraction of sp³-hybridized carbons (Fsp3) is 0.381. The van der Waals surface area contributed by atoms with E-state index in [4.69, 9.17) is 28.2 Å². The highest BCUT2D eigenvalue weighted by molar-refractivity contribution is 6.22. The second kappa shape index (κ2) is 8.79. The minimum absolute atomic E-state index is 0.0621. The van der Waals surface area contributed by atoms with E-state index >= 15 is 0 Å². The van der Waals surface area contributed by atoms with Crippen molar-refractivity contribution in [3.63, 3.8) is 0 Å². The molecule has 0 saturated carbocycles. The molecule has 2 aromatic carbocycles. The summed E-state index contributed by atoms with van der Waals surface area (Å²) in [7, 11) is 0. The number of nitrogens with one attached hydrogen (secondary N) is 2. The number of rotatable bonds is 8. The van der Waals surface area contributed by atoms with Crippen molar-refractivity contribution in [1.82, 2.24) is 4.98 Å². The van der Waals surface area contributed by atoms with Crippen molar-refractivity contribution in [2.45, 2.75) is 50.5 Å². The second-order valence-electron chi connectivity index (χ2n) is 6.60. The van der Waals surface area contributed by atoms with Crippen molar-refractivity contribution in [3.05, 3.63) is 42.5 Å². The molecule has 138 valence electrons. The summed E-state index contributed by atoms with van der Waals surface area (Å²) in [5.74, 6) is 0. The zero-order chi connectivity index (χ0) is 18.5. The van der Waals surface area contributed by atoms with Crippen molar-refractivity contribution in [2.24, 2.45) is 0 Å². The highest BCUT2D eigenvalue weighted by atomic mass is 35.5. The standard InChI is InChI=1S/C21H25Cl2N3/c1-3-5-20(22)24-16-9-7-14-11-15-8-10-17(25-21(23)6-4-2)13-19(15)26-18(14)12-16/h7-13,20-21,24-25H,3-6H2,1-2H3. The molecule has 2 atom stereocenters. The van der Waals surface area contributed by atoms with Gasteiger partial charge in [0.15, 0.2) is 0 Å². The van der Waals surface area contributed by atoms with Crippen LogP contribution >= 0.6 is 23.2 Å². The van der Waals surface area contributed by atoms with Gasteiger partial charge in [0.05, 0.1) is 11.0 Å². The summed E-state index contributed by atoms with van der Waals surface area (Å²) in [6.45, 7) is 4.26. The van der Waals surface area contributed by atoms with E-state index < -0.39 is 0 Å². The van der Waals surface area contributed by atoms with E-state index in [1.807, 2.05) is 0 Å². The Labute approximate surface area is 165 Å². The molecule has 0 radical (unpaired) electrons. The van der Waals surface area contributed by atoms with Crippen LogP contribution in [0.25, 0.3) is 21.8 Å². The van der Waals surface area contributed by atoms with Crippen molar-refractivity contribution in [2.75, 3.05) is 10.6 Å². The minimum atomic E-state index is -0.0621. The molecule has 1 heterocycles. The van der Waals surface area contributed by atoms with E-state index in [0.717, 1.165) is 58.9 Å². The number of hydrogen-bond acceptors (Lipinski definition) is 3. The second-order valence-corrected chi connectivity index (χ2v) is 7.66. The normalized spacial score (nSPS) is 13.7. The number of fused-ring (bicyclic) bond motifs is 2. The Morgan fingerprint density at radius 2 is 1.23 bits per heavy atom. The average molecular weight is 390 g/mol. The van der Waals surface area contributed by atoms with E-state index in [2.05, 4.69) is 66.9 Å². The first-order chi connectivity index (χ1) is 12.6. The number of alkyl halides is 2. The molecule has 2 unspecified atom stereocenters. The largest absolute Gasteiger partial charge is 0.369 e. The van der Waals surface area contributed by atoms with Gasteiger partial charge in [-0.3, -0.25) is 0 Å². The number of anilines is 2. The Hall–Kier alpha value is -1.71. The van der Waals surface area contributed by atoms with Gasteiger partial charge in [-0.15, -0.1) is 0 Å². The predicted octanol–water partition coefficient (Wildman–Crippen LogP) is 6.94. The summed E-state index contributed by atoms with van der Waals surface area (Å²) in [5.41, 5.74) is 3.78. The Kier molecular flexibility index (Phi) is 6.44. The van der Waals surface area contributed by atoms with Crippen molar-refractivity contribution >= 4 is 56.4 Å². The molecule has 0 aliphatic heterocycles. The highest BCUT2D eigenvalue weighted by Crippen LogP contribution is 2.26. The molecule has 0 bridgehead atoms. The van der Waals surface area contributed by atoms with Crippen LogP contribution in [0.3, 0.4) is 0 Å². The number of hydrogen-bond donors (Lipinski definition) is 2. The summed E-state index contributed by atoms with van der Waals surface area (Å²) in [6.07, 6.45) is 3.95. The third-order valence-electron chi connectivity index (χ3n) is 4.34. The number of nitrogens with zero attached hydrogens (tertiary/aromatic N) is 1. The minimum Gasteiger partial charge on any atom is -0.369 e. The van der Waals surface area contributed by atoms with E-state index in [9.17, 15) is 0 Å². The Morgan fingerprint density at radius 3 is 1.65 bits per heavy atom. The number of pyridine rings is 1. The van der Waals surface area contributed by atoms with Gasteiger partial charge in [-0.1, -0.05) is 62.0 Å².